The number of pyridine rings is 1. The third kappa shape index (κ3) is 3.01. The van der Waals surface area contributed by atoms with Crippen molar-refractivity contribution < 1.29 is 0 Å². The highest BCUT2D eigenvalue weighted by Gasteiger charge is 2.22. The van der Waals surface area contributed by atoms with Crippen molar-refractivity contribution in [3.63, 3.8) is 0 Å². The van der Waals surface area contributed by atoms with Gasteiger partial charge in [-0.25, -0.2) is 4.98 Å². The molecule has 1 saturated heterocycles. The van der Waals surface area contributed by atoms with Crippen LogP contribution in [0.3, 0.4) is 0 Å². The van der Waals surface area contributed by atoms with E-state index < -0.39 is 0 Å². The predicted molar refractivity (Wildman–Crippen MR) is 76.4 cm³/mol. The first-order valence-electron chi connectivity index (χ1n) is 6.45. The molecular weight excluding hydrogens is 276 g/mol. The van der Waals surface area contributed by atoms with Crippen molar-refractivity contribution in [3.05, 3.63) is 22.3 Å². The van der Waals surface area contributed by atoms with E-state index in [1.807, 2.05) is 6.20 Å². The molecule has 0 aliphatic carbocycles. The number of hydrogen-bond acceptors (Lipinski definition) is 2. The Labute approximate surface area is 113 Å². The molecule has 0 atom stereocenters. The Hall–Kier alpha value is -0.570. The Morgan fingerprint density at radius 2 is 2.00 bits per heavy atom. The minimum Gasteiger partial charge on any atom is -0.357 e. The van der Waals surface area contributed by atoms with Gasteiger partial charge in [0.15, 0.2) is 0 Å². The first kappa shape index (κ1) is 12.9. The fraction of sp³-hybridized carbons (Fsp3) is 0.643. The minimum atomic E-state index is 0.816. The fourth-order valence-corrected chi connectivity index (χ4v) is 2.71. The molecule has 2 nitrogen and oxygen atoms in total. The summed E-state index contributed by atoms with van der Waals surface area (Å²) in [4.78, 5) is 6.93. The van der Waals surface area contributed by atoms with Crippen LogP contribution >= 0.6 is 15.9 Å². The number of anilines is 1. The highest BCUT2D eigenvalue weighted by atomic mass is 79.9. The third-order valence-electron chi connectivity index (χ3n) is 3.84. The lowest BCUT2D eigenvalue weighted by Crippen LogP contribution is -2.35. The standard InChI is InChI=1S/C14H21BrN2/c1-10(2)12-4-6-17(7-5-12)14-8-11(3)13(15)9-16-14/h8-10,12H,4-7H2,1-3H3. The van der Waals surface area contributed by atoms with E-state index in [1.165, 1.54) is 18.4 Å². The molecule has 2 rings (SSSR count). The molecule has 0 amide bonds. The van der Waals surface area contributed by atoms with Crippen molar-refractivity contribution in [1.82, 2.24) is 4.98 Å². The van der Waals surface area contributed by atoms with E-state index in [2.05, 4.69) is 52.7 Å². The van der Waals surface area contributed by atoms with Crippen molar-refractivity contribution in [2.75, 3.05) is 18.0 Å². The summed E-state index contributed by atoms with van der Waals surface area (Å²) >= 11 is 3.50. The molecule has 0 aromatic carbocycles. The topological polar surface area (TPSA) is 16.1 Å². The summed E-state index contributed by atoms with van der Waals surface area (Å²) in [5, 5.41) is 0. The zero-order chi connectivity index (χ0) is 12.4. The summed E-state index contributed by atoms with van der Waals surface area (Å²) in [6.45, 7) is 9.09. The van der Waals surface area contributed by atoms with Crippen LogP contribution in [-0.2, 0) is 0 Å². The van der Waals surface area contributed by atoms with Gasteiger partial charge in [-0.1, -0.05) is 13.8 Å². The van der Waals surface area contributed by atoms with E-state index in [0.29, 0.717) is 0 Å². The third-order valence-corrected chi connectivity index (χ3v) is 4.67. The molecule has 0 bridgehead atoms. The highest BCUT2D eigenvalue weighted by Crippen LogP contribution is 2.28. The van der Waals surface area contributed by atoms with Crippen LogP contribution in [0.4, 0.5) is 5.82 Å². The van der Waals surface area contributed by atoms with Gasteiger partial charge in [0.2, 0.25) is 0 Å². The molecule has 17 heavy (non-hydrogen) atoms. The van der Waals surface area contributed by atoms with Crippen molar-refractivity contribution in [1.29, 1.82) is 0 Å². The van der Waals surface area contributed by atoms with Crippen LogP contribution in [0.25, 0.3) is 0 Å². The second-order valence-electron chi connectivity index (χ2n) is 5.36. The highest BCUT2D eigenvalue weighted by molar-refractivity contribution is 9.10. The molecule has 1 aliphatic heterocycles. The van der Waals surface area contributed by atoms with E-state index in [4.69, 9.17) is 0 Å². The van der Waals surface area contributed by atoms with Crippen LogP contribution in [0.15, 0.2) is 16.7 Å². The summed E-state index contributed by atoms with van der Waals surface area (Å²) in [6.07, 6.45) is 4.52. The number of nitrogens with zero attached hydrogens (tertiary/aromatic N) is 2. The van der Waals surface area contributed by atoms with Crippen LogP contribution in [0.5, 0.6) is 0 Å². The number of aromatic nitrogens is 1. The van der Waals surface area contributed by atoms with Crippen molar-refractivity contribution in [2.24, 2.45) is 11.8 Å². The molecule has 3 heteroatoms. The molecule has 0 radical (unpaired) electrons. The van der Waals surface area contributed by atoms with E-state index in [-0.39, 0.29) is 0 Å². The lowest BCUT2D eigenvalue weighted by molar-refractivity contribution is 0.310. The van der Waals surface area contributed by atoms with E-state index in [1.54, 1.807) is 0 Å². The second-order valence-corrected chi connectivity index (χ2v) is 6.21. The predicted octanol–water partition coefficient (Wildman–Crippen LogP) is 4.02. The van der Waals surface area contributed by atoms with Gasteiger partial charge in [0, 0.05) is 23.8 Å². The van der Waals surface area contributed by atoms with Crippen molar-refractivity contribution in [3.8, 4) is 0 Å². The molecule has 2 heterocycles. The van der Waals surface area contributed by atoms with Gasteiger partial charge in [-0.05, 0) is 59.2 Å². The van der Waals surface area contributed by atoms with Gasteiger partial charge in [0.25, 0.3) is 0 Å². The molecule has 94 valence electrons. The van der Waals surface area contributed by atoms with Gasteiger partial charge in [-0.15, -0.1) is 0 Å². The van der Waals surface area contributed by atoms with Crippen LogP contribution in [0, 0.1) is 18.8 Å². The molecule has 0 saturated carbocycles. The number of piperidine rings is 1. The minimum absolute atomic E-state index is 0.816. The first-order valence-corrected chi connectivity index (χ1v) is 7.24. The molecule has 1 aromatic heterocycles. The Balaban J connectivity index is 2.03. The maximum atomic E-state index is 4.51. The number of hydrogen-bond donors (Lipinski definition) is 0. The average molecular weight is 297 g/mol. The van der Waals surface area contributed by atoms with Crippen LogP contribution in [-0.4, -0.2) is 18.1 Å². The van der Waals surface area contributed by atoms with Gasteiger partial charge < -0.3 is 4.90 Å². The SMILES string of the molecule is Cc1cc(N2CCC(C(C)C)CC2)ncc1Br. The fourth-order valence-electron chi connectivity index (χ4n) is 2.49. The molecule has 0 unspecified atom stereocenters. The smallest absolute Gasteiger partial charge is 0.128 e. The number of rotatable bonds is 2. The number of aryl methyl sites for hydroxylation is 1. The molecular formula is C14H21BrN2. The second kappa shape index (κ2) is 5.38. The number of halogens is 1. The summed E-state index contributed by atoms with van der Waals surface area (Å²) in [6, 6.07) is 2.18. The maximum Gasteiger partial charge on any atom is 0.128 e. The molecule has 1 aromatic rings. The maximum absolute atomic E-state index is 4.51. The van der Waals surface area contributed by atoms with Gasteiger partial charge in [-0.2, -0.15) is 0 Å². The Morgan fingerprint density at radius 3 is 2.53 bits per heavy atom. The van der Waals surface area contributed by atoms with E-state index in [0.717, 1.165) is 35.2 Å². The van der Waals surface area contributed by atoms with Gasteiger partial charge in [0.1, 0.15) is 5.82 Å². The van der Waals surface area contributed by atoms with E-state index >= 15 is 0 Å². The zero-order valence-corrected chi connectivity index (χ0v) is 12.5. The first-order chi connectivity index (χ1) is 8.08. The molecule has 1 aliphatic rings. The van der Waals surface area contributed by atoms with Crippen LogP contribution < -0.4 is 4.90 Å². The summed E-state index contributed by atoms with van der Waals surface area (Å²) in [7, 11) is 0. The van der Waals surface area contributed by atoms with Gasteiger partial charge in [-0.3, -0.25) is 0 Å². The molecule has 1 fully saturated rings. The van der Waals surface area contributed by atoms with Crippen molar-refractivity contribution in [2.45, 2.75) is 33.6 Å². The zero-order valence-electron chi connectivity index (χ0n) is 10.9. The largest absolute Gasteiger partial charge is 0.357 e. The Morgan fingerprint density at radius 1 is 1.35 bits per heavy atom. The van der Waals surface area contributed by atoms with Crippen molar-refractivity contribution >= 4 is 21.7 Å². The van der Waals surface area contributed by atoms with E-state index in [9.17, 15) is 0 Å². The lowest BCUT2D eigenvalue weighted by Gasteiger charge is -2.34. The quantitative estimate of drug-likeness (QED) is 0.819. The van der Waals surface area contributed by atoms with Crippen LogP contribution in [0.2, 0.25) is 0 Å². The Kier molecular flexibility index (Phi) is 4.08. The normalized spacial score (nSPS) is 17.8. The monoisotopic (exact) mass is 296 g/mol. The molecule has 0 N–H and O–H groups in total. The molecule has 0 spiro atoms. The summed E-state index contributed by atoms with van der Waals surface area (Å²) in [5.41, 5.74) is 1.26. The summed E-state index contributed by atoms with van der Waals surface area (Å²) < 4.78 is 1.10. The van der Waals surface area contributed by atoms with Crippen LogP contribution in [0.1, 0.15) is 32.3 Å². The van der Waals surface area contributed by atoms with Gasteiger partial charge in [0.05, 0.1) is 0 Å². The van der Waals surface area contributed by atoms with Gasteiger partial charge >= 0.3 is 0 Å². The lowest BCUT2D eigenvalue weighted by atomic mass is 9.87. The summed E-state index contributed by atoms with van der Waals surface area (Å²) in [5.74, 6) is 2.84. The Bertz CT molecular complexity index is 382. The average Bonchev–Trinajstić information content (AvgIpc) is 2.33.